The van der Waals surface area contributed by atoms with Gasteiger partial charge >= 0.3 is 14.2 Å². The van der Waals surface area contributed by atoms with E-state index < -0.39 is 14.2 Å². The van der Waals surface area contributed by atoms with Crippen LogP contribution in [0, 0.1) is 0 Å². The van der Waals surface area contributed by atoms with E-state index in [0.717, 1.165) is 25.7 Å². The van der Waals surface area contributed by atoms with Crippen molar-refractivity contribution in [2.75, 3.05) is 0 Å². The molecule has 0 aromatic carbocycles. The van der Waals surface area contributed by atoms with Crippen molar-refractivity contribution < 1.29 is 20.1 Å². The van der Waals surface area contributed by atoms with Crippen LogP contribution in [0.2, 0.25) is 12.6 Å². The Balaban J connectivity index is 2.94. The molecule has 0 spiro atoms. The normalized spacial score (nSPS) is 10.6. The van der Waals surface area contributed by atoms with E-state index in [-0.39, 0.29) is 0 Å². The van der Waals surface area contributed by atoms with Crippen molar-refractivity contribution in [3.63, 3.8) is 0 Å². The van der Waals surface area contributed by atoms with Crippen LogP contribution in [0.25, 0.3) is 0 Å². The van der Waals surface area contributed by atoms with Gasteiger partial charge in [-0.3, -0.25) is 0 Å². The van der Waals surface area contributed by atoms with Crippen LogP contribution in [-0.2, 0) is 0 Å². The molecule has 0 fully saturated rings. The molecule has 4 nitrogen and oxygen atoms in total. The fourth-order valence-corrected chi connectivity index (χ4v) is 1.89. The molecule has 0 aromatic heterocycles. The van der Waals surface area contributed by atoms with Gasteiger partial charge < -0.3 is 20.1 Å². The third kappa shape index (κ3) is 16.0. The van der Waals surface area contributed by atoms with Crippen LogP contribution in [-0.4, -0.2) is 34.3 Å². The smallest absolute Gasteiger partial charge is 0.427 e. The Bertz CT molecular complexity index is 140. The summed E-state index contributed by atoms with van der Waals surface area (Å²) in [6.45, 7) is 0. The molecule has 0 bridgehead atoms. The van der Waals surface area contributed by atoms with Gasteiger partial charge in [0.05, 0.1) is 0 Å². The fourth-order valence-electron chi connectivity index (χ4n) is 1.89. The highest BCUT2D eigenvalue weighted by Gasteiger charge is 2.05. The molecule has 4 N–H and O–H groups in total. The van der Waals surface area contributed by atoms with Gasteiger partial charge in [0, 0.05) is 0 Å². The van der Waals surface area contributed by atoms with E-state index >= 15 is 0 Å². The van der Waals surface area contributed by atoms with Gasteiger partial charge in [0.1, 0.15) is 0 Å². The first kappa shape index (κ1) is 17.0. The zero-order valence-electron chi connectivity index (χ0n) is 10.7. The van der Waals surface area contributed by atoms with Crippen molar-refractivity contribution in [2.45, 2.75) is 70.4 Å². The Morgan fingerprint density at radius 1 is 0.412 bits per heavy atom. The van der Waals surface area contributed by atoms with E-state index in [2.05, 4.69) is 0 Å². The molecule has 0 aromatic rings. The van der Waals surface area contributed by atoms with E-state index in [4.69, 9.17) is 20.1 Å². The monoisotopic (exact) mass is 244 g/mol. The van der Waals surface area contributed by atoms with Crippen molar-refractivity contribution in [1.82, 2.24) is 0 Å². The topological polar surface area (TPSA) is 80.9 Å². The third-order valence-electron chi connectivity index (χ3n) is 2.92. The number of hydrogen-bond acceptors (Lipinski definition) is 4. The summed E-state index contributed by atoms with van der Waals surface area (Å²) in [5, 5.41) is 34.5. The first-order valence-electron chi connectivity index (χ1n) is 6.85. The summed E-state index contributed by atoms with van der Waals surface area (Å²) in [6, 6.07) is 0. The summed E-state index contributed by atoms with van der Waals surface area (Å²) < 4.78 is 0. The SMILES string of the molecule is OB(O)CCCCCCCCCCCB(O)O. The van der Waals surface area contributed by atoms with Crippen LogP contribution in [0.15, 0.2) is 0 Å². The van der Waals surface area contributed by atoms with Crippen molar-refractivity contribution in [1.29, 1.82) is 0 Å². The lowest BCUT2D eigenvalue weighted by molar-refractivity contribution is 0.400. The predicted octanol–water partition coefficient (Wildman–Crippen LogP) is 1.44. The lowest BCUT2D eigenvalue weighted by atomic mass is 9.83. The summed E-state index contributed by atoms with van der Waals surface area (Å²) in [7, 11) is -2.28. The second-order valence-corrected chi connectivity index (χ2v) is 4.72. The molecule has 0 amide bonds. The predicted molar refractivity (Wildman–Crippen MR) is 71.6 cm³/mol. The molecule has 0 rings (SSSR count). The molecule has 0 aliphatic carbocycles. The Morgan fingerprint density at radius 2 is 0.647 bits per heavy atom. The van der Waals surface area contributed by atoms with Crippen LogP contribution in [0.3, 0.4) is 0 Å². The maximum atomic E-state index is 8.63. The standard InChI is InChI=1S/C11H26B2O4/c14-12(15)10-8-6-4-2-1-3-5-7-9-11-13(16)17/h14-17H,1-11H2. The molecule has 0 unspecified atom stereocenters. The maximum Gasteiger partial charge on any atom is 0.451 e. The largest absolute Gasteiger partial charge is 0.451 e. The van der Waals surface area contributed by atoms with Gasteiger partial charge in [-0.05, 0) is 12.6 Å². The summed E-state index contributed by atoms with van der Waals surface area (Å²) in [4.78, 5) is 0. The zero-order valence-corrected chi connectivity index (χ0v) is 10.7. The Labute approximate surface area is 105 Å². The van der Waals surface area contributed by atoms with Gasteiger partial charge in [-0.2, -0.15) is 0 Å². The molecule has 100 valence electrons. The summed E-state index contributed by atoms with van der Waals surface area (Å²) >= 11 is 0. The van der Waals surface area contributed by atoms with E-state index in [1.165, 1.54) is 32.1 Å². The molecule has 0 aliphatic heterocycles. The summed E-state index contributed by atoms with van der Waals surface area (Å²) in [6.07, 6.45) is 10.9. The molecule has 6 heteroatoms. The highest BCUT2D eigenvalue weighted by atomic mass is 16.4. The number of unbranched alkanes of at least 4 members (excludes halogenated alkanes) is 8. The van der Waals surface area contributed by atoms with Gasteiger partial charge in [0.25, 0.3) is 0 Å². The second kappa shape index (κ2) is 12.4. The van der Waals surface area contributed by atoms with Crippen molar-refractivity contribution in [2.24, 2.45) is 0 Å². The molecular formula is C11H26B2O4. The molecule has 0 heterocycles. The van der Waals surface area contributed by atoms with Gasteiger partial charge in [0.15, 0.2) is 0 Å². The minimum atomic E-state index is -1.14. The average molecular weight is 244 g/mol. The molecular weight excluding hydrogens is 218 g/mol. The van der Waals surface area contributed by atoms with Crippen molar-refractivity contribution in [3.8, 4) is 0 Å². The maximum absolute atomic E-state index is 8.63. The van der Waals surface area contributed by atoms with Crippen LogP contribution in [0.1, 0.15) is 57.8 Å². The van der Waals surface area contributed by atoms with Crippen molar-refractivity contribution >= 4 is 14.2 Å². The van der Waals surface area contributed by atoms with Gasteiger partial charge in [-0.15, -0.1) is 0 Å². The first-order chi connectivity index (χ1) is 8.13. The number of rotatable bonds is 12. The van der Waals surface area contributed by atoms with Gasteiger partial charge in [-0.25, -0.2) is 0 Å². The fraction of sp³-hybridized carbons (Fsp3) is 1.00. The molecule has 0 aliphatic rings. The number of hydrogen-bond donors (Lipinski definition) is 4. The third-order valence-corrected chi connectivity index (χ3v) is 2.92. The molecule has 0 saturated carbocycles. The van der Waals surface area contributed by atoms with E-state index in [0.29, 0.717) is 12.6 Å². The minimum absolute atomic E-state index is 0.490. The van der Waals surface area contributed by atoms with Crippen LogP contribution < -0.4 is 0 Å². The van der Waals surface area contributed by atoms with Crippen LogP contribution in [0.5, 0.6) is 0 Å². The van der Waals surface area contributed by atoms with Crippen LogP contribution >= 0.6 is 0 Å². The van der Waals surface area contributed by atoms with E-state index in [9.17, 15) is 0 Å². The quantitative estimate of drug-likeness (QED) is 0.309. The Hall–Kier alpha value is -0.0301. The average Bonchev–Trinajstić information content (AvgIpc) is 2.25. The summed E-state index contributed by atoms with van der Waals surface area (Å²) in [5.41, 5.74) is 0. The molecule has 17 heavy (non-hydrogen) atoms. The lowest BCUT2D eigenvalue weighted by Crippen LogP contribution is -2.09. The lowest BCUT2D eigenvalue weighted by Gasteiger charge is -2.02. The summed E-state index contributed by atoms with van der Waals surface area (Å²) in [5.74, 6) is 0. The van der Waals surface area contributed by atoms with Crippen molar-refractivity contribution in [3.05, 3.63) is 0 Å². The van der Waals surface area contributed by atoms with Gasteiger partial charge in [-0.1, -0.05) is 57.8 Å². The molecule has 0 radical (unpaired) electrons. The Kier molecular flexibility index (Phi) is 12.4. The van der Waals surface area contributed by atoms with E-state index in [1.54, 1.807) is 0 Å². The van der Waals surface area contributed by atoms with E-state index in [1.807, 2.05) is 0 Å². The first-order valence-corrected chi connectivity index (χ1v) is 6.85. The zero-order chi connectivity index (χ0) is 12.9. The van der Waals surface area contributed by atoms with Crippen LogP contribution in [0.4, 0.5) is 0 Å². The molecule has 0 saturated heterocycles. The second-order valence-electron chi connectivity index (χ2n) is 4.72. The minimum Gasteiger partial charge on any atom is -0.427 e. The highest BCUT2D eigenvalue weighted by Crippen LogP contribution is 2.11. The van der Waals surface area contributed by atoms with Gasteiger partial charge in [0.2, 0.25) is 0 Å². The highest BCUT2D eigenvalue weighted by molar-refractivity contribution is 6.41. The molecule has 0 atom stereocenters. The Morgan fingerprint density at radius 3 is 0.882 bits per heavy atom.